The minimum absolute atomic E-state index is 0.208. The maximum Gasteiger partial charge on any atom is 0.159 e. The van der Waals surface area contributed by atoms with Crippen molar-refractivity contribution in [2.45, 2.75) is 18.9 Å². The van der Waals surface area contributed by atoms with Crippen LogP contribution in [0.3, 0.4) is 0 Å². The van der Waals surface area contributed by atoms with Crippen molar-refractivity contribution in [1.29, 1.82) is 0 Å². The van der Waals surface area contributed by atoms with Crippen LogP contribution in [0.2, 0.25) is 0 Å². The first kappa shape index (κ1) is 16.7. The Kier molecular flexibility index (Phi) is 4.42. The summed E-state index contributed by atoms with van der Waals surface area (Å²) in [7, 11) is 0. The van der Waals surface area contributed by atoms with Gasteiger partial charge in [0.05, 0.1) is 5.69 Å². The highest BCUT2D eigenvalue weighted by molar-refractivity contribution is 5.62. The molecule has 0 aliphatic carbocycles. The summed E-state index contributed by atoms with van der Waals surface area (Å²) in [5, 5.41) is 11.0. The second kappa shape index (κ2) is 6.88. The van der Waals surface area contributed by atoms with E-state index < -0.39 is 11.6 Å². The third-order valence-corrected chi connectivity index (χ3v) is 4.76. The first-order valence-corrected chi connectivity index (χ1v) is 8.40. The van der Waals surface area contributed by atoms with E-state index in [1.807, 2.05) is 6.07 Å². The molecule has 1 atom stereocenters. The van der Waals surface area contributed by atoms with Crippen molar-refractivity contribution in [2.24, 2.45) is 0 Å². The third kappa shape index (κ3) is 2.97. The van der Waals surface area contributed by atoms with Crippen molar-refractivity contribution >= 4 is 0 Å². The highest BCUT2D eigenvalue weighted by Gasteiger charge is 2.25. The van der Waals surface area contributed by atoms with E-state index in [0.29, 0.717) is 41.9 Å². The maximum atomic E-state index is 15.2. The van der Waals surface area contributed by atoms with Crippen molar-refractivity contribution in [3.05, 3.63) is 82.8 Å². The van der Waals surface area contributed by atoms with Crippen LogP contribution in [0.25, 0.3) is 11.3 Å². The zero-order chi connectivity index (χ0) is 18.1. The Labute approximate surface area is 148 Å². The van der Waals surface area contributed by atoms with Gasteiger partial charge in [0, 0.05) is 29.8 Å². The fourth-order valence-electron chi connectivity index (χ4n) is 3.48. The summed E-state index contributed by atoms with van der Waals surface area (Å²) < 4.78 is 42.2. The van der Waals surface area contributed by atoms with Gasteiger partial charge >= 0.3 is 0 Å². The molecule has 0 fully saturated rings. The standard InChI is InChI=1S/C20H16F3N3/c21-17-6-3-12(10-18(17)22)13-7-9-24-11-16-14(13)4-5-15(20(16)23)19-2-1-8-25-26-19/h1-6,8,10,13,24H,7,9,11H2. The molecule has 6 heteroatoms. The van der Waals surface area contributed by atoms with Crippen LogP contribution in [0.1, 0.15) is 29.0 Å². The second-order valence-electron chi connectivity index (χ2n) is 6.30. The molecule has 0 spiro atoms. The van der Waals surface area contributed by atoms with Gasteiger partial charge in [0.1, 0.15) is 5.82 Å². The van der Waals surface area contributed by atoms with Gasteiger partial charge < -0.3 is 5.32 Å². The molecule has 0 amide bonds. The monoisotopic (exact) mass is 355 g/mol. The fraction of sp³-hybridized carbons (Fsp3) is 0.200. The molecule has 1 N–H and O–H groups in total. The average Bonchev–Trinajstić information content (AvgIpc) is 2.88. The van der Waals surface area contributed by atoms with Gasteiger partial charge in [-0.05, 0) is 54.4 Å². The number of nitrogens with zero attached hydrogens (tertiary/aromatic N) is 2. The SMILES string of the molecule is Fc1ccc(C2CCNCc3c2ccc(-c2cccnn2)c3F)cc1F. The Hall–Kier alpha value is -2.73. The smallest absolute Gasteiger partial charge is 0.159 e. The Morgan fingerprint density at radius 1 is 1.00 bits per heavy atom. The van der Waals surface area contributed by atoms with Crippen LogP contribution >= 0.6 is 0 Å². The molecular weight excluding hydrogens is 339 g/mol. The number of aromatic nitrogens is 2. The molecule has 1 aromatic heterocycles. The quantitative estimate of drug-likeness (QED) is 0.749. The first-order valence-electron chi connectivity index (χ1n) is 8.40. The first-order chi connectivity index (χ1) is 12.6. The minimum atomic E-state index is -0.891. The molecule has 26 heavy (non-hydrogen) atoms. The predicted molar refractivity (Wildman–Crippen MR) is 92.0 cm³/mol. The van der Waals surface area contributed by atoms with Crippen molar-refractivity contribution in [2.75, 3.05) is 6.54 Å². The molecule has 3 aromatic rings. The molecule has 4 rings (SSSR count). The molecule has 0 saturated carbocycles. The topological polar surface area (TPSA) is 37.8 Å². The second-order valence-corrected chi connectivity index (χ2v) is 6.30. The number of fused-ring (bicyclic) bond motifs is 1. The summed E-state index contributed by atoms with van der Waals surface area (Å²) in [5.74, 6) is -2.34. The Morgan fingerprint density at radius 2 is 1.88 bits per heavy atom. The molecule has 1 aliphatic heterocycles. The van der Waals surface area contributed by atoms with Gasteiger partial charge in [-0.3, -0.25) is 0 Å². The number of hydrogen-bond donors (Lipinski definition) is 1. The van der Waals surface area contributed by atoms with Gasteiger partial charge in [0.25, 0.3) is 0 Å². The number of benzene rings is 2. The summed E-state index contributed by atoms with van der Waals surface area (Å²) in [5.41, 5.74) is 2.79. The van der Waals surface area contributed by atoms with E-state index >= 15 is 4.39 Å². The lowest BCUT2D eigenvalue weighted by Crippen LogP contribution is -2.13. The van der Waals surface area contributed by atoms with Crippen molar-refractivity contribution in [3.8, 4) is 11.3 Å². The number of halogens is 3. The maximum absolute atomic E-state index is 15.2. The molecule has 3 nitrogen and oxygen atoms in total. The fourth-order valence-corrected chi connectivity index (χ4v) is 3.48. The normalized spacial score (nSPS) is 16.8. The van der Waals surface area contributed by atoms with Gasteiger partial charge in [0.15, 0.2) is 11.6 Å². The molecule has 1 aliphatic rings. The summed E-state index contributed by atoms with van der Waals surface area (Å²) in [6.45, 7) is 1.02. The molecule has 0 saturated heterocycles. The molecule has 0 radical (unpaired) electrons. The highest BCUT2D eigenvalue weighted by atomic mass is 19.2. The lowest BCUT2D eigenvalue weighted by atomic mass is 9.85. The van der Waals surface area contributed by atoms with E-state index in [1.165, 1.54) is 12.3 Å². The number of hydrogen-bond acceptors (Lipinski definition) is 3. The van der Waals surface area contributed by atoms with Crippen molar-refractivity contribution in [1.82, 2.24) is 15.5 Å². The Morgan fingerprint density at radius 3 is 2.65 bits per heavy atom. The highest BCUT2D eigenvalue weighted by Crippen LogP contribution is 2.36. The summed E-state index contributed by atoms with van der Waals surface area (Å²) in [4.78, 5) is 0. The molecule has 2 aromatic carbocycles. The molecular formula is C20H16F3N3. The van der Waals surface area contributed by atoms with Gasteiger partial charge in [-0.25, -0.2) is 13.2 Å². The van der Waals surface area contributed by atoms with Crippen LogP contribution in [-0.2, 0) is 6.54 Å². The van der Waals surface area contributed by atoms with Gasteiger partial charge in [-0.1, -0.05) is 12.1 Å². The van der Waals surface area contributed by atoms with Crippen LogP contribution in [0.5, 0.6) is 0 Å². The number of nitrogens with one attached hydrogen (secondary N) is 1. The lowest BCUT2D eigenvalue weighted by Gasteiger charge is -2.19. The van der Waals surface area contributed by atoms with Crippen molar-refractivity contribution in [3.63, 3.8) is 0 Å². The van der Waals surface area contributed by atoms with Crippen LogP contribution in [-0.4, -0.2) is 16.7 Å². The molecule has 1 unspecified atom stereocenters. The lowest BCUT2D eigenvalue weighted by molar-refractivity contribution is 0.505. The van der Waals surface area contributed by atoms with Crippen LogP contribution in [0, 0.1) is 17.5 Å². The van der Waals surface area contributed by atoms with Crippen LogP contribution in [0.4, 0.5) is 13.2 Å². The van der Waals surface area contributed by atoms with Gasteiger partial charge in [0.2, 0.25) is 0 Å². The van der Waals surface area contributed by atoms with Gasteiger partial charge in [-0.15, -0.1) is 0 Å². The Bertz CT molecular complexity index is 945. The van der Waals surface area contributed by atoms with Crippen LogP contribution in [0.15, 0.2) is 48.7 Å². The number of rotatable bonds is 2. The zero-order valence-corrected chi connectivity index (χ0v) is 13.8. The molecule has 132 valence electrons. The van der Waals surface area contributed by atoms with Crippen LogP contribution < -0.4 is 5.32 Å². The predicted octanol–water partition coefficient (Wildman–Crippen LogP) is 4.19. The Balaban J connectivity index is 1.83. The zero-order valence-electron chi connectivity index (χ0n) is 13.8. The van der Waals surface area contributed by atoms with E-state index in [1.54, 1.807) is 24.3 Å². The largest absolute Gasteiger partial charge is 0.313 e. The van der Waals surface area contributed by atoms with E-state index in [4.69, 9.17) is 0 Å². The average molecular weight is 355 g/mol. The van der Waals surface area contributed by atoms with E-state index in [0.717, 1.165) is 11.6 Å². The summed E-state index contributed by atoms with van der Waals surface area (Å²) in [6, 6.07) is 10.8. The molecule has 0 bridgehead atoms. The van der Waals surface area contributed by atoms with Crippen molar-refractivity contribution < 1.29 is 13.2 Å². The minimum Gasteiger partial charge on any atom is -0.313 e. The van der Waals surface area contributed by atoms with E-state index in [9.17, 15) is 8.78 Å². The van der Waals surface area contributed by atoms with E-state index in [-0.39, 0.29) is 11.7 Å². The third-order valence-electron chi connectivity index (χ3n) is 4.76. The van der Waals surface area contributed by atoms with Gasteiger partial charge in [-0.2, -0.15) is 10.2 Å². The molecule has 2 heterocycles. The summed E-state index contributed by atoms with van der Waals surface area (Å²) in [6.07, 6.45) is 2.20. The summed E-state index contributed by atoms with van der Waals surface area (Å²) >= 11 is 0. The van der Waals surface area contributed by atoms with E-state index in [2.05, 4.69) is 15.5 Å².